The summed E-state index contributed by atoms with van der Waals surface area (Å²) in [5.74, 6) is 0.388. The molecule has 0 aromatic rings. The number of rotatable bonds is 4. The van der Waals surface area contributed by atoms with Gasteiger partial charge in [0.05, 0.1) is 6.07 Å². The number of nitriles is 1. The van der Waals surface area contributed by atoms with Gasteiger partial charge in [-0.3, -0.25) is 0 Å². The number of hydrogen-bond donors (Lipinski definition) is 1. The van der Waals surface area contributed by atoms with Crippen LogP contribution in [0.25, 0.3) is 0 Å². The molecule has 0 bridgehead atoms. The normalized spacial score (nSPS) is 16.9. The second-order valence-corrected chi connectivity index (χ2v) is 3.57. The average molecular weight is 195 g/mol. The molecule has 14 heavy (non-hydrogen) atoms. The molecule has 4 nitrogen and oxygen atoms in total. The van der Waals surface area contributed by atoms with E-state index < -0.39 is 0 Å². The van der Waals surface area contributed by atoms with Gasteiger partial charge in [-0.15, -0.1) is 0 Å². The predicted molar refractivity (Wildman–Crippen MR) is 53.6 cm³/mol. The lowest BCUT2D eigenvalue weighted by atomic mass is 10.2. The van der Waals surface area contributed by atoms with Gasteiger partial charge in [0.1, 0.15) is 6.04 Å². The van der Waals surface area contributed by atoms with Gasteiger partial charge in [-0.25, -0.2) is 4.79 Å². The van der Waals surface area contributed by atoms with Crippen LogP contribution in [0.2, 0.25) is 0 Å². The molecule has 1 unspecified atom stereocenters. The zero-order valence-electron chi connectivity index (χ0n) is 8.79. The molecule has 1 fully saturated rings. The molecular weight excluding hydrogens is 178 g/mol. The van der Waals surface area contributed by atoms with E-state index in [1.54, 1.807) is 4.90 Å². The maximum absolute atomic E-state index is 11.6. The third kappa shape index (κ3) is 2.63. The highest BCUT2D eigenvalue weighted by atomic mass is 16.2. The highest BCUT2D eigenvalue weighted by molar-refractivity contribution is 5.74. The molecule has 0 spiro atoms. The fraction of sp³-hybridized carbons (Fsp3) is 0.800. The van der Waals surface area contributed by atoms with Crippen LogP contribution in [0.15, 0.2) is 0 Å². The first-order valence-electron chi connectivity index (χ1n) is 5.18. The van der Waals surface area contributed by atoms with E-state index in [0.717, 1.165) is 12.8 Å². The van der Waals surface area contributed by atoms with Crippen LogP contribution in [0.3, 0.4) is 0 Å². The van der Waals surface area contributed by atoms with Crippen molar-refractivity contribution in [2.45, 2.75) is 32.7 Å². The maximum Gasteiger partial charge on any atom is 0.318 e. The van der Waals surface area contributed by atoms with Crippen molar-refractivity contribution < 1.29 is 4.79 Å². The van der Waals surface area contributed by atoms with Crippen molar-refractivity contribution in [3.8, 4) is 6.07 Å². The molecule has 1 saturated carbocycles. The number of nitrogens with zero attached hydrogens (tertiary/aromatic N) is 2. The Morgan fingerprint density at radius 1 is 1.57 bits per heavy atom. The molecule has 1 N–H and O–H groups in total. The first-order valence-corrected chi connectivity index (χ1v) is 5.18. The molecule has 0 heterocycles. The van der Waals surface area contributed by atoms with Crippen LogP contribution in [0, 0.1) is 17.2 Å². The zero-order chi connectivity index (χ0) is 10.6. The standard InChI is InChI=1S/C10H17N3O/c1-3-13(4-2)10(14)12-9(7-11)8-5-6-8/h8-9H,3-6H2,1-2H3,(H,12,14). The average Bonchev–Trinajstić information content (AvgIpc) is 2.99. The van der Waals surface area contributed by atoms with Gasteiger partial charge in [0.15, 0.2) is 0 Å². The van der Waals surface area contributed by atoms with Crippen LogP contribution in [0.4, 0.5) is 4.79 Å². The van der Waals surface area contributed by atoms with Crippen molar-refractivity contribution in [1.82, 2.24) is 10.2 Å². The van der Waals surface area contributed by atoms with E-state index in [-0.39, 0.29) is 12.1 Å². The van der Waals surface area contributed by atoms with E-state index in [9.17, 15) is 4.79 Å². The molecule has 78 valence electrons. The molecule has 0 radical (unpaired) electrons. The van der Waals surface area contributed by atoms with E-state index in [0.29, 0.717) is 19.0 Å². The predicted octanol–water partition coefficient (Wildman–Crippen LogP) is 1.34. The van der Waals surface area contributed by atoms with Crippen molar-refractivity contribution in [2.24, 2.45) is 5.92 Å². The minimum Gasteiger partial charge on any atom is -0.325 e. The first kappa shape index (κ1) is 10.8. The smallest absolute Gasteiger partial charge is 0.318 e. The van der Waals surface area contributed by atoms with Gasteiger partial charge < -0.3 is 10.2 Å². The highest BCUT2D eigenvalue weighted by Crippen LogP contribution is 2.32. The number of carbonyl (C=O) groups is 1. The fourth-order valence-electron chi connectivity index (χ4n) is 1.42. The molecular formula is C10H17N3O. The molecule has 1 atom stereocenters. The molecule has 4 heteroatoms. The van der Waals surface area contributed by atoms with Crippen molar-refractivity contribution >= 4 is 6.03 Å². The van der Waals surface area contributed by atoms with E-state index in [2.05, 4.69) is 11.4 Å². The Morgan fingerprint density at radius 2 is 2.14 bits per heavy atom. The quantitative estimate of drug-likeness (QED) is 0.736. The summed E-state index contributed by atoms with van der Waals surface area (Å²) in [5.41, 5.74) is 0. The second kappa shape index (κ2) is 4.85. The van der Waals surface area contributed by atoms with Crippen molar-refractivity contribution in [1.29, 1.82) is 5.26 Å². The minimum absolute atomic E-state index is 0.117. The van der Waals surface area contributed by atoms with Gasteiger partial charge in [0, 0.05) is 13.1 Å². The molecule has 0 saturated heterocycles. The van der Waals surface area contributed by atoms with Crippen molar-refractivity contribution in [3.05, 3.63) is 0 Å². The van der Waals surface area contributed by atoms with E-state index in [4.69, 9.17) is 5.26 Å². The number of amides is 2. The number of nitrogens with one attached hydrogen (secondary N) is 1. The van der Waals surface area contributed by atoms with E-state index in [1.165, 1.54) is 0 Å². The van der Waals surface area contributed by atoms with Gasteiger partial charge in [-0.2, -0.15) is 5.26 Å². The lowest BCUT2D eigenvalue weighted by Crippen LogP contribution is -2.45. The first-order chi connectivity index (χ1) is 6.72. The Bertz CT molecular complexity index is 238. The van der Waals surface area contributed by atoms with E-state index >= 15 is 0 Å². The molecule has 0 aromatic heterocycles. The van der Waals surface area contributed by atoms with Crippen molar-refractivity contribution in [3.63, 3.8) is 0 Å². The van der Waals surface area contributed by atoms with Crippen LogP contribution < -0.4 is 5.32 Å². The Hall–Kier alpha value is -1.24. The summed E-state index contributed by atoms with van der Waals surface area (Å²) in [4.78, 5) is 13.3. The largest absolute Gasteiger partial charge is 0.325 e. The van der Waals surface area contributed by atoms with Gasteiger partial charge in [-0.1, -0.05) is 0 Å². The molecule has 0 aromatic carbocycles. The van der Waals surface area contributed by atoms with Crippen LogP contribution >= 0.6 is 0 Å². The molecule has 1 aliphatic rings. The second-order valence-electron chi connectivity index (χ2n) is 3.57. The summed E-state index contributed by atoms with van der Waals surface area (Å²) in [6.07, 6.45) is 2.13. The third-order valence-corrected chi connectivity index (χ3v) is 2.56. The number of carbonyl (C=O) groups excluding carboxylic acids is 1. The summed E-state index contributed by atoms with van der Waals surface area (Å²) < 4.78 is 0. The van der Waals surface area contributed by atoms with Gasteiger partial charge in [0.2, 0.25) is 0 Å². The molecule has 0 aliphatic heterocycles. The summed E-state index contributed by atoms with van der Waals surface area (Å²) in [7, 11) is 0. The Balaban J connectivity index is 2.41. The lowest BCUT2D eigenvalue weighted by Gasteiger charge is -2.21. The van der Waals surface area contributed by atoms with Gasteiger partial charge in [0.25, 0.3) is 0 Å². The SMILES string of the molecule is CCN(CC)C(=O)NC(C#N)C1CC1. The van der Waals surface area contributed by atoms with Gasteiger partial charge >= 0.3 is 6.03 Å². The van der Waals surface area contributed by atoms with Crippen molar-refractivity contribution in [2.75, 3.05) is 13.1 Å². The molecule has 1 rings (SSSR count). The number of hydrogen-bond acceptors (Lipinski definition) is 2. The fourth-order valence-corrected chi connectivity index (χ4v) is 1.42. The topological polar surface area (TPSA) is 56.1 Å². The third-order valence-electron chi connectivity index (χ3n) is 2.56. The van der Waals surface area contributed by atoms with E-state index in [1.807, 2.05) is 13.8 Å². The van der Waals surface area contributed by atoms with Crippen LogP contribution in [0.5, 0.6) is 0 Å². The summed E-state index contributed by atoms with van der Waals surface area (Å²) in [6, 6.07) is 1.73. The van der Waals surface area contributed by atoms with Crippen LogP contribution in [-0.2, 0) is 0 Å². The van der Waals surface area contributed by atoms with Crippen LogP contribution in [0.1, 0.15) is 26.7 Å². The monoisotopic (exact) mass is 195 g/mol. The van der Waals surface area contributed by atoms with Gasteiger partial charge in [-0.05, 0) is 32.6 Å². The van der Waals surface area contributed by atoms with Crippen LogP contribution in [-0.4, -0.2) is 30.1 Å². The molecule has 2 amide bonds. The zero-order valence-corrected chi connectivity index (χ0v) is 8.79. The maximum atomic E-state index is 11.6. The summed E-state index contributed by atoms with van der Waals surface area (Å²) in [5, 5.41) is 11.6. The minimum atomic E-state index is -0.289. The Morgan fingerprint density at radius 3 is 2.50 bits per heavy atom. The summed E-state index contributed by atoms with van der Waals surface area (Å²) in [6.45, 7) is 5.24. The molecule has 1 aliphatic carbocycles. The Kier molecular flexibility index (Phi) is 3.75. The number of urea groups is 1. The Labute approximate surface area is 84.9 Å². The summed E-state index contributed by atoms with van der Waals surface area (Å²) >= 11 is 0. The lowest BCUT2D eigenvalue weighted by molar-refractivity contribution is 0.200. The highest BCUT2D eigenvalue weighted by Gasteiger charge is 2.32.